The Kier molecular flexibility index (Phi) is 4.32. The zero-order valence-corrected chi connectivity index (χ0v) is 12.2. The Morgan fingerprint density at radius 1 is 1.33 bits per heavy atom. The number of hydrogen-bond donors (Lipinski definition) is 2. The van der Waals surface area contributed by atoms with Crippen LogP contribution in [0.25, 0.3) is 0 Å². The predicted molar refractivity (Wildman–Crippen MR) is 79.6 cm³/mol. The summed E-state index contributed by atoms with van der Waals surface area (Å²) in [5, 5.41) is 6.78. The van der Waals surface area contributed by atoms with E-state index in [0.717, 1.165) is 5.56 Å². The van der Waals surface area contributed by atoms with Gasteiger partial charge < -0.3 is 20.5 Å². The highest BCUT2D eigenvalue weighted by Gasteiger charge is 2.11. The lowest BCUT2D eigenvalue weighted by atomic mass is 10.1. The van der Waals surface area contributed by atoms with Gasteiger partial charge in [-0.3, -0.25) is 9.48 Å². The van der Waals surface area contributed by atoms with Gasteiger partial charge in [-0.05, 0) is 18.6 Å². The van der Waals surface area contributed by atoms with Crippen molar-refractivity contribution in [3.05, 3.63) is 30.1 Å². The molecule has 0 aliphatic rings. The summed E-state index contributed by atoms with van der Waals surface area (Å²) in [6.07, 6.45) is 3.09. The number of nitrogen functional groups attached to an aromatic ring is 1. The SMILES string of the molecule is COc1cc(C)c(NC(=O)Cn2cc(N)cn2)cc1OC. The second kappa shape index (κ2) is 6.17. The van der Waals surface area contributed by atoms with Gasteiger partial charge in [0.15, 0.2) is 11.5 Å². The highest BCUT2D eigenvalue weighted by Crippen LogP contribution is 2.32. The summed E-state index contributed by atoms with van der Waals surface area (Å²) in [5.41, 5.74) is 7.61. The third-order valence-electron chi connectivity index (χ3n) is 2.96. The van der Waals surface area contributed by atoms with Gasteiger partial charge in [0.05, 0.1) is 26.1 Å². The van der Waals surface area contributed by atoms with Gasteiger partial charge in [-0.15, -0.1) is 0 Å². The summed E-state index contributed by atoms with van der Waals surface area (Å²) >= 11 is 0. The first kappa shape index (κ1) is 14.7. The Morgan fingerprint density at radius 2 is 2.00 bits per heavy atom. The van der Waals surface area contributed by atoms with Crippen molar-refractivity contribution in [2.45, 2.75) is 13.5 Å². The van der Waals surface area contributed by atoms with Crippen LogP contribution in [0.5, 0.6) is 11.5 Å². The van der Waals surface area contributed by atoms with E-state index in [-0.39, 0.29) is 12.5 Å². The lowest BCUT2D eigenvalue weighted by molar-refractivity contribution is -0.116. The molecule has 0 aliphatic carbocycles. The van der Waals surface area contributed by atoms with E-state index in [1.54, 1.807) is 32.5 Å². The Labute approximate surface area is 122 Å². The van der Waals surface area contributed by atoms with E-state index in [4.69, 9.17) is 15.2 Å². The fourth-order valence-corrected chi connectivity index (χ4v) is 1.92. The standard InChI is InChI=1S/C14H18N4O3/c1-9-4-12(20-2)13(21-3)5-11(9)17-14(19)8-18-7-10(15)6-16-18/h4-7H,8,15H2,1-3H3,(H,17,19). The summed E-state index contributed by atoms with van der Waals surface area (Å²) < 4.78 is 11.9. The third-order valence-corrected chi connectivity index (χ3v) is 2.96. The number of methoxy groups -OCH3 is 2. The van der Waals surface area contributed by atoms with Crippen LogP contribution in [0.4, 0.5) is 11.4 Å². The number of nitrogens with zero attached hydrogens (tertiary/aromatic N) is 2. The molecule has 1 heterocycles. The van der Waals surface area contributed by atoms with E-state index in [2.05, 4.69) is 10.4 Å². The molecule has 112 valence electrons. The molecule has 3 N–H and O–H groups in total. The van der Waals surface area contributed by atoms with Crippen molar-refractivity contribution in [3.8, 4) is 11.5 Å². The minimum atomic E-state index is -0.201. The summed E-state index contributed by atoms with van der Waals surface area (Å²) in [6.45, 7) is 1.97. The molecule has 1 amide bonds. The fraction of sp³-hybridized carbons (Fsp3) is 0.286. The van der Waals surface area contributed by atoms with Crippen LogP contribution in [0.15, 0.2) is 24.5 Å². The van der Waals surface area contributed by atoms with Crippen LogP contribution in [-0.4, -0.2) is 29.9 Å². The van der Waals surface area contributed by atoms with Crippen LogP contribution >= 0.6 is 0 Å². The van der Waals surface area contributed by atoms with Crippen LogP contribution in [0.3, 0.4) is 0 Å². The Hall–Kier alpha value is -2.70. The monoisotopic (exact) mass is 290 g/mol. The molecule has 0 saturated carbocycles. The van der Waals surface area contributed by atoms with Crippen molar-refractivity contribution in [1.29, 1.82) is 0 Å². The lowest BCUT2D eigenvalue weighted by Crippen LogP contribution is -2.19. The molecule has 0 fully saturated rings. The van der Waals surface area contributed by atoms with Crippen molar-refractivity contribution < 1.29 is 14.3 Å². The number of anilines is 2. The number of nitrogens with one attached hydrogen (secondary N) is 1. The number of amides is 1. The number of carbonyl (C=O) groups is 1. The second-order valence-electron chi connectivity index (χ2n) is 4.54. The highest BCUT2D eigenvalue weighted by atomic mass is 16.5. The van der Waals surface area contributed by atoms with Gasteiger partial charge in [0.2, 0.25) is 5.91 Å². The molecule has 0 spiro atoms. The van der Waals surface area contributed by atoms with E-state index in [1.807, 2.05) is 6.92 Å². The quantitative estimate of drug-likeness (QED) is 0.869. The summed E-state index contributed by atoms with van der Waals surface area (Å²) in [4.78, 5) is 12.0. The van der Waals surface area contributed by atoms with E-state index in [0.29, 0.717) is 22.9 Å². The average Bonchev–Trinajstić information content (AvgIpc) is 2.85. The normalized spacial score (nSPS) is 10.2. The number of hydrogen-bond acceptors (Lipinski definition) is 5. The summed E-state index contributed by atoms with van der Waals surface area (Å²) in [7, 11) is 3.11. The van der Waals surface area contributed by atoms with E-state index < -0.39 is 0 Å². The largest absolute Gasteiger partial charge is 0.493 e. The van der Waals surface area contributed by atoms with Crippen LogP contribution in [0, 0.1) is 6.92 Å². The molecule has 1 aromatic heterocycles. The molecule has 2 rings (SSSR count). The van der Waals surface area contributed by atoms with Crippen LogP contribution in [0.2, 0.25) is 0 Å². The summed E-state index contributed by atoms with van der Waals surface area (Å²) in [5.74, 6) is 0.975. The second-order valence-corrected chi connectivity index (χ2v) is 4.54. The van der Waals surface area contributed by atoms with Crippen molar-refractivity contribution in [2.75, 3.05) is 25.3 Å². The Morgan fingerprint density at radius 3 is 2.57 bits per heavy atom. The van der Waals surface area contributed by atoms with Crippen LogP contribution in [-0.2, 0) is 11.3 Å². The molecule has 0 radical (unpaired) electrons. The minimum Gasteiger partial charge on any atom is -0.493 e. The molecule has 0 aliphatic heterocycles. The van der Waals surface area contributed by atoms with Gasteiger partial charge in [0, 0.05) is 18.0 Å². The highest BCUT2D eigenvalue weighted by molar-refractivity contribution is 5.91. The van der Waals surface area contributed by atoms with Crippen molar-refractivity contribution in [2.24, 2.45) is 0 Å². The van der Waals surface area contributed by atoms with E-state index in [9.17, 15) is 4.79 Å². The molecule has 21 heavy (non-hydrogen) atoms. The van der Waals surface area contributed by atoms with Gasteiger partial charge in [-0.25, -0.2) is 0 Å². The van der Waals surface area contributed by atoms with Gasteiger partial charge in [-0.2, -0.15) is 5.10 Å². The number of rotatable bonds is 5. The number of ether oxygens (including phenoxy) is 2. The number of carbonyl (C=O) groups excluding carboxylic acids is 1. The number of nitrogens with two attached hydrogens (primary N) is 1. The average molecular weight is 290 g/mol. The molecular weight excluding hydrogens is 272 g/mol. The first-order chi connectivity index (χ1) is 10.0. The van der Waals surface area contributed by atoms with Crippen molar-refractivity contribution in [1.82, 2.24) is 9.78 Å². The molecule has 0 bridgehead atoms. The first-order valence-electron chi connectivity index (χ1n) is 6.34. The topological polar surface area (TPSA) is 91.4 Å². The zero-order chi connectivity index (χ0) is 15.4. The molecule has 2 aromatic rings. The van der Waals surface area contributed by atoms with E-state index >= 15 is 0 Å². The minimum absolute atomic E-state index is 0.0883. The molecular formula is C14H18N4O3. The third kappa shape index (κ3) is 3.44. The number of benzene rings is 1. The molecule has 1 aromatic carbocycles. The Bertz CT molecular complexity index is 652. The molecule has 0 saturated heterocycles. The van der Waals surface area contributed by atoms with Crippen LogP contribution < -0.4 is 20.5 Å². The molecule has 0 unspecified atom stereocenters. The zero-order valence-electron chi connectivity index (χ0n) is 12.2. The first-order valence-corrected chi connectivity index (χ1v) is 6.34. The smallest absolute Gasteiger partial charge is 0.246 e. The maximum Gasteiger partial charge on any atom is 0.246 e. The Balaban J connectivity index is 2.13. The van der Waals surface area contributed by atoms with Gasteiger partial charge in [-0.1, -0.05) is 0 Å². The van der Waals surface area contributed by atoms with Crippen molar-refractivity contribution in [3.63, 3.8) is 0 Å². The molecule has 7 heteroatoms. The van der Waals surface area contributed by atoms with Gasteiger partial charge >= 0.3 is 0 Å². The van der Waals surface area contributed by atoms with Crippen molar-refractivity contribution >= 4 is 17.3 Å². The predicted octanol–water partition coefficient (Wildman–Crippen LogP) is 1.43. The molecule has 0 atom stereocenters. The fourth-order valence-electron chi connectivity index (χ4n) is 1.92. The summed E-state index contributed by atoms with van der Waals surface area (Å²) in [6, 6.07) is 3.53. The molecule has 7 nitrogen and oxygen atoms in total. The van der Waals surface area contributed by atoms with E-state index in [1.165, 1.54) is 10.9 Å². The van der Waals surface area contributed by atoms with Gasteiger partial charge in [0.25, 0.3) is 0 Å². The maximum absolute atomic E-state index is 12.0. The number of aromatic nitrogens is 2. The maximum atomic E-state index is 12.0. The van der Waals surface area contributed by atoms with Gasteiger partial charge in [0.1, 0.15) is 6.54 Å². The van der Waals surface area contributed by atoms with Crippen LogP contribution in [0.1, 0.15) is 5.56 Å². The number of aryl methyl sites for hydroxylation is 1. The lowest BCUT2D eigenvalue weighted by Gasteiger charge is -2.13.